The predicted octanol–water partition coefficient (Wildman–Crippen LogP) is 1.94. The van der Waals surface area contributed by atoms with Crippen LogP contribution in [0.5, 0.6) is 5.75 Å². The first-order valence-corrected chi connectivity index (χ1v) is 8.35. The van der Waals surface area contributed by atoms with Crippen LogP contribution in [-0.4, -0.2) is 47.3 Å². The SMILES string of the molecule is CCOc1cccc(CNC(=O)CN2CCCC2C(C)(C)O)c1. The molecule has 1 heterocycles. The molecule has 1 amide bonds. The highest BCUT2D eigenvalue weighted by Crippen LogP contribution is 2.26. The minimum absolute atomic E-state index is 0.0111. The quantitative estimate of drug-likeness (QED) is 0.806. The molecule has 2 N–H and O–H groups in total. The Balaban J connectivity index is 1.84. The van der Waals surface area contributed by atoms with Gasteiger partial charge in [0.2, 0.25) is 5.91 Å². The van der Waals surface area contributed by atoms with Crippen molar-refractivity contribution in [1.29, 1.82) is 0 Å². The monoisotopic (exact) mass is 320 g/mol. The zero-order valence-electron chi connectivity index (χ0n) is 14.3. The van der Waals surface area contributed by atoms with Crippen LogP contribution in [0.2, 0.25) is 0 Å². The normalized spacial score (nSPS) is 18.9. The molecule has 128 valence electrons. The molecule has 1 aromatic carbocycles. The Morgan fingerprint density at radius 1 is 1.48 bits per heavy atom. The van der Waals surface area contributed by atoms with Crippen molar-refractivity contribution in [3.63, 3.8) is 0 Å². The van der Waals surface area contributed by atoms with Crippen LogP contribution < -0.4 is 10.1 Å². The number of nitrogens with zero attached hydrogens (tertiary/aromatic N) is 1. The van der Waals surface area contributed by atoms with Crippen molar-refractivity contribution in [2.45, 2.75) is 51.8 Å². The van der Waals surface area contributed by atoms with Crippen LogP contribution in [0.3, 0.4) is 0 Å². The lowest BCUT2D eigenvalue weighted by Crippen LogP contribution is -2.48. The lowest BCUT2D eigenvalue weighted by Gasteiger charge is -2.33. The maximum Gasteiger partial charge on any atom is 0.234 e. The Hall–Kier alpha value is -1.59. The van der Waals surface area contributed by atoms with Gasteiger partial charge in [0.25, 0.3) is 0 Å². The molecule has 0 aliphatic carbocycles. The van der Waals surface area contributed by atoms with E-state index in [1.54, 1.807) is 0 Å². The third-order valence-electron chi connectivity index (χ3n) is 4.22. The summed E-state index contributed by atoms with van der Waals surface area (Å²) in [4.78, 5) is 14.3. The molecule has 1 unspecified atom stereocenters. The maximum absolute atomic E-state index is 12.2. The maximum atomic E-state index is 12.2. The summed E-state index contributed by atoms with van der Waals surface area (Å²) in [6.45, 7) is 7.88. The van der Waals surface area contributed by atoms with E-state index >= 15 is 0 Å². The van der Waals surface area contributed by atoms with E-state index in [4.69, 9.17) is 4.74 Å². The Bertz CT molecular complexity index is 525. The van der Waals surface area contributed by atoms with Gasteiger partial charge in [0.15, 0.2) is 0 Å². The van der Waals surface area contributed by atoms with E-state index in [0.29, 0.717) is 19.7 Å². The number of rotatable bonds is 7. The fourth-order valence-corrected chi connectivity index (χ4v) is 3.17. The Kier molecular flexibility index (Phi) is 6.02. The number of aliphatic hydroxyl groups is 1. The first kappa shape index (κ1) is 17.8. The molecule has 0 spiro atoms. The van der Waals surface area contributed by atoms with Crippen LogP contribution in [0.15, 0.2) is 24.3 Å². The minimum atomic E-state index is -0.775. The molecule has 1 atom stereocenters. The molecule has 1 saturated heterocycles. The molecule has 1 aliphatic rings. The number of carbonyl (C=O) groups is 1. The molecule has 1 aromatic rings. The molecule has 0 bridgehead atoms. The van der Waals surface area contributed by atoms with E-state index in [9.17, 15) is 9.90 Å². The Morgan fingerprint density at radius 2 is 2.26 bits per heavy atom. The first-order chi connectivity index (χ1) is 10.9. The van der Waals surface area contributed by atoms with E-state index in [1.165, 1.54) is 0 Å². The zero-order chi connectivity index (χ0) is 16.9. The van der Waals surface area contributed by atoms with Gasteiger partial charge in [0.1, 0.15) is 5.75 Å². The third kappa shape index (κ3) is 5.22. The van der Waals surface area contributed by atoms with Crippen molar-refractivity contribution >= 4 is 5.91 Å². The zero-order valence-corrected chi connectivity index (χ0v) is 14.3. The van der Waals surface area contributed by atoms with E-state index in [-0.39, 0.29) is 11.9 Å². The second-order valence-corrected chi connectivity index (χ2v) is 6.64. The Labute approximate surface area is 138 Å². The summed E-state index contributed by atoms with van der Waals surface area (Å²) in [6.07, 6.45) is 1.96. The number of hydrogen-bond acceptors (Lipinski definition) is 4. The molecule has 0 radical (unpaired) electrons. The van der Waals surface area contributed by atoms with Gasteiger partial charge in [-0.15, -0.1) is 0 Å². The largest absolute Gasteiger partial charge is 0.494 e. The highest BCUT2D eigenvalue weighted by atomic mass is 16.5. The van der Waals surface area contributed by atoms with E-state index < -0.39 is 5.60 Å². The lowest BCUT2D eigenvalue weighted by molar-refractivity contribution is -0.123. The van der Waals surface area contributed by atoms with Gasteiger partial charge in [-0.3, -0.25) is 9.69 Å². The molecular weight excluding hydrogens is 292 g/mol. The van der Waals surface area contributed by atoms with Gasteiger partial charge >= 0.3 is 0 Å². The van der Waals surface area contributed by atoms with Gasteiger partial charge < -0.3 is 15.2 Å². The summed E-state index contributed by atoms with van der Waals surface area (Å²) in [5.41, 5.74) is 0.243. The summed E-state index contributed by atoms with van der Waals surface area (Å²) in [5.74, 6) is 0.809. The van der Waals surface area contributed by atoms with Crippen LogP contribution in [0.1, 0.15) is 39.2 Å². The van der Waals surface area contributed by atoms with Crippen molar-refractivity contribution in [3.8, 4) is 5.75 Å². The molecule has 5 nitrogen and oxygen atoms in total. The highest BCUT2D eigenvalue weighted by Gasteiger charge is 2.36. The number of ether oxygens (including phenoxy) is 1. The van der Waals surface area contributed by atoms with Crippen molar-refractivity contribution in [1.82, 2.24) is 10.2 Å². The molecule has 1 aliphatic heterocycles. The second-order valence-electron chi connectivity index (χ2n) is 6.64. The van der Waals surface area contributed by atoms with Crippen molar-refractivity contribution < 1.29 is 14.6 Å². The summed E-state index contributed by atoms with van der Waals surface area (Å²) in [5, 5.41) is 13.2. The van der Waals surface area contributed by atoms with Crippen LogP contribution in [0.25, 0.3) is 0 Å². The number of carbonyl (C=O) groups excluding carboxylic acids is 1. The molecule has 23 heavy (non-hydrogen) atoms. The molecule has 0 saturated carbocycles. The minimum Gasteiger partial charge on any atom is -0.494 e. The number of nitrogens with one attached hydrogen (secondary N) is 1. The number of likely N-dealkylation sites (tertiary alicyclic amines) is 1. The second kappa shape index (κ2) is 7.79. The fraction of sp³-hybridized carbons (Fsp3) is 0.611. The van der Waals surface area contributed by atoms with E-state index in [1.807, 2.05) is 45.0 Å². The number of amides is 1. The van der Waals surface area contributed by atoms with Crippen LogP contribution in [0.4, 0.5) is 0 Å². The Morgan fingerprint density at radius 3 is 2.96 bits per heavy atom. The van der Waals surface area contributed by atoms with Crippen LogP contribution in [0, 0.1) is 0 Å². The summed E-state index contributed by atoms with van der Waals surface area (Å²) in [7, 11) is 0. The van der Waals surface area contributed by atoms with Gasteiger partial charge in [-0.25, -0.2) is 0 Å². The van der Waals surface area contributed by atoms with E-state index in [2.05, 4.69) is 10.2 Å². The highest BCUT2D eigenvalue weighted by molar-refractivity contribution is 5.78. The number of benzene rings is 1. The van der Waals surface area contributed by atoms with Crippen LogP contribution >= 0.6 is 0 Å². The molecule has 5 heteroatoms. The molecule has 1 fully saturated rings. The molecular formula is C18H28N2O3. The first-order valence-electron chi connectivity index (χ1n) is 8.35. The van der Waals surface area contributed by atoms with Gasteiger partial charge in [-0.05, 0) is 57.9 Å². The van der Waals surface area contributed by atoms with Gasteiger partial charge in [-0.2, -0.15) is 0 Å². The topological polar surface area (TPSA) is 61.8 Å². The molecule has 0 aromatic heterocycles. The van der Waals surface area contributed by atoms with Gasteiger partial charge in [0.05, 0.1) is 18.8 Å². The summed E-state index contributed by atoms with van der Waals surface area (Å²) >= 11 is 0. The van der Waals surface area contributed by atoms with Gasteiger partial charge in [0, 0.05) is 12.6 Å². The smallest absolute Gasteiger partial charge is 0.234 e. The standard InChI is InChI=1S/C18H28N2O3/c1-4-23-15-8-5-7-14(11-15)12-19-17(21)13-20-10-6-9-16(20)18(2,3)22/h5,7-8,11,16,22H,4,6,9-10,12-13H2,1-3H3,(H,19,21). The van der Waals surface area contributed by atoms with Crippen molar-refractivity contribution in [2.75, 3.05) is 19.7 Å². The van der Waals surface area contributed by atoms with Gasteiger partial charge in [-0.1, -0.05) is 12.1 Å². The predicted molar refractivity (Wildman–Crippen MR) is 90.4 cm³/mol. The fourth-order valence-electron chi connectivity index (χ4n) is 3.17. The van der Waals surface area contributed by atoms with Crippen LogP contribution in [-0.2, 0) is 11.3 Å². The summed E-state index contributed by atoms with van der Waals surface area (Å²) < 4.78 is 5.46. The lowest BCUT2D eigenvalue weighted by atomic mass is 9.97. The summed E-state index contributed by atoms with van der Waals surface area (Å²) in [6, 6.07) is 7.80. The van der Waals surface area contributed by atoms with Crippen molar-refractivity contribution in [2.24, 2.45) is 0 Å². The average molecular weight is 320 g/mol. The third-order valence-corrected chi connectivity index (χ3v) is 4.22. The van der Waals surface area contributed by atoms with E-state index in [0.717, 1.165) is 30.7 Å². The number of hydrogen-bond donors (Lipinski definition) is 2. The average Bonchev–Trinajstić information content (AvgIpc) is 2.94. The van der Waals surface area contributed by atoms with Crippen molar-refractivity contribution in [3.05, 3.63) is 29.8 Å². The molecule has 2 rings (SSSR count).